The van der Waals surface area contributed by atoms with Crippen molar-refractivity contribution in [1.82, 2.24) is 10.2 Å². The van der Waals surface area contributed by atoms with Gasteiger partial charge in [-0.25, -0.2) is 0 Å². The molecular weight excluding hydrogens is 438 g/mol. The molecule has 166 valence electrons. The number of nitrogens with zero attached hydrogens (tertiary/aromatic N) is 1. The van der Waals surface area contributed by atoms with Crippen LogP contribution in [-0.4, -0.2) is 29.2 Å². The first kappa shape index (κ1) is 22.3. The molecule has 2 N–H and O–H groups in total. The molecule has 1 aliphatic heterocycles. The van der Waals surface area contributed by atoms with Gasteiger partial charge in [0.05, 0.1) is 0 Å². The van der Waals surface area contributed by atoms with E-state index < -0.39 is 11.8 Å². The zero-order chi connectivity index (χ0) is 23.2. The molecule has 3 amide bonds. The van der Waals surface area contributed by atoms with E-state index in [1.165, 1.54) is 0 Å². The first-order valence-corrected chi connectivity index (χ1v) is 10.9. The van der Waals surface area contributed by atoms with Crippen molar-refractivity contribution in [2.75, 3.05) is 11.9 Å². The molecule has 1 heterocycles. The second-order valence-electron chi connectivity index (χ2n) is 7.56. The van der Waals surface area contributed by atoms with E-state index in [-0.39, 0.29) is 23.2 Å². The summed E-state index contributed by atoms with van der Waals surface area (Å²) < 4.78 is 0. The summed E-state index contributed by atoms with van der Waals surface area (Å²) in [5.74, 6) is -1.27. The highest BCUT2D eigenvalue weighted by molar-refractivity contribution is 6.48. The van der Waals surface area contributed by atoms with E-state index in [1.54, 1.807) is 24.3 Å². The number of carbonyl (C=O) groups is 3. The van der Waals surface area contributed by atoms with E-state index >= 15 is 0 Å². The zero-order valence-electron chi connectivity index (χ0n) is 17.8. The Kier molecular flexibility index (Phi) is 6.86. The fourth-order valence-corrected chi connectivity index (χ4v) is 3.74. The monoisotopic (exact) mass is 459 g/mol. The van der Waals surface area contributed by atoms with Crippen LogP contribution in [0.1, 0.15) is 21.5 Å². The quantitative estimate of drug-likeness (QED) is 0.497. The summed E-state index contributed by atoms with van der Waals surface area (Å²) in [6, 6.07) is 25.9. The van der Waals surface area contributed by atoms with E-state index in [2.05, 4.69) is 10.6 Å². The number of rotatable bonds is 8. The molecule has 6 nitrogen and oxygen atoms in total. The SMILES string of the molecule is O=C(NCc1ccccc1)c1cccc(NC2=C(Cl)C(=O)N(CCc3ccccc3)C2=O)c1. The lowest BCUT2D eigenvalue weighted by Crippen LogP contribution is -2.34. The summed E-state index contributed by atoms with van der Waals surface area (Å²) in [7, 11) is 0. The summed E-state index contributed by atoms with van der Waals surface area (Å²) in [5.41, 5.74) is 2.93. The minimum Gasteiger partial charge on any atom is -0.350 e. The van der Waals surface area contributed by atoms with Gasteiger partial charge < -0.3 is 10.6 Å². The molecule has 1 aliphatic rings. The maximum absolute atomic E-state index is 12.9. The number of amides is 3. The third-order valence-electron chi connectivity index (χ3n) is 5.27. The number of hydrogen-bond donors (Lipinski definition) is 2. The van der Waals surface area contributed by atoms with Gasteiger partial charge in [-0.15, -0.1) is 0 Å². The largest absolute Gasteiger partial charge is 0.350 e. The van der Waals surface area contributed by atoms with Crippen molar-refractivity contribution >= 4 is 35.0 Å². The van der Waals surface area contributed by atoms with Crippen molar-refractivity contribution in [3.05, 3.63) is 112 Å². The van der Waals surface area contributed by atoms with Gasteiger partial charge >= 0.3 is 0 Å². The summed E-state index contributed by atoms with van der Waals surface area (Å²) in [4.78, 5) is 39.1. The minimum absolute atomic E-state index is 0.0107. The molecule has 0 unspecified atom stereocenters. The first-order valence-electron chi connectivity index (χ1n) is 10.5. The lowest BCUT2D eigenvalue weighted by Gasteiger charge is -2.15. The Morgan fingerprint density at radius 3 is 2.18 bits per heavy atom. The van der Waals surface area contributed by atoms with Gasteiger partial charge in [-0.1, -0.05) is 78.3 Å². The van der Waals surface area contributed by atoms with Crippen LogP contribution in [0, 0.1) is 0 Å². The van der Waals surface area contributed by atoms with E-state index in [0.29, 0.717) is 24.2 Å². The molecule has 0 saturated heterocycles. The van der Waals surface area contributed by atoms with Gasteiger partial charge in [-0.2, -0.15) is 0 Å². The normalized spacial score (nSPS) is 13.4. The Balaban J connectivity index is 1.41. The third-order valence-corrected chi connectivity index (χ3v) is 5.62. The smallest absolute Gasteiger partial charge is 0.278 e. The Morgan fingerprint density at radius 2 is 1.48 bits per heavy atom. The average molecular weight is 460 g/mol. The molecule has 3 aromatic carbocycles. The molecule has 3 aromatic rings. The second-order valence-corrected chi connectivity index (χ2v) is 7.94. The predicted molar refractivity (Wildman–Crippen MR) is 127 cm³/mol. The van der Waals surface area contributed by atoms with E-state index in [9.17, 15) is 14.4 Å². The molecule has 4 rings (SSSR count). The van der Waals surface area contributed by atoms with Gasteiger partial charge in [0.15, 0.2) is 0 Å². The highest BCUT2D eigenvalue weighted by atomic mass is 35.5. The number of anilines is 1. The van der Waals surface area contributed by atoms with E-state index in [1.807, 2.05) is 60.7 Å². The Hall–Kier alpha value is -3.90. The van der Waals surface area contributed by atoms with Crippen LogP contribution in [0.15, 0.2) is 95.7 Å². The predicted octanol–water partition coefficient (Wildman–Crippen LogP) is 4.09. The number of nitrogens with one attached hydrogen (secondary N) is 2. The first-order chi connectivity index (χ1) is 16.0. The molecule has 0 spiro atoms. The van der Waals surface area contributed by atoms with Gasteiger partial charge in [0.25, 0.3) is 17.7 Å². The highest BCUT2D eigenvalue weighted by Gasteiger charge is 2.37. The van der Waals surface area contributed by atoms with Crippen LogP contribution in [0.3, 0.4) is 0 Å². The number of imide groups is 1. The summed E-state index contributed by atoms with van der Waals surface area (Å²) in [6.45, 7) is 0.628. The van der Waals surface area contributed by atoms with Crippen molar-refractivity contribution in [3.8, 4) is 0 Å². The fourth-order valence-electron chi connectivity index (χ4n) is 3.51. The summed E-state index contributed by atoms with van der Waals surface area (Å²) in [6.07, 6.45) is 0.535. The zero-order valence-corrected chi connectivity index (χ0v) is 18.5. The molecule has 33 heavy (non-hydrogen) atoms. The van der Waals surface area contributed by atoms with Crippen LogP contribution in [0.25, 0.3) is 0 Å². The fraction of sp³-hybridized carbons (Fsp3) is 0.115. The maximum atomic E-state index is 12.9. The number of carbonyl (C=O) groups excluding carboxylic acids is 3. The van der Waals surface area contributed by atoms with Gasteiger partial charge in [0.2, 0.25) is 0 Å². The second kappa shape index (κ2) is 10.1. The van der Waals surface area contributed by atoms with Crippen LogP contribution in [0.2, 0.25) is 0 Å². The molecule has 0 saturated carbocycles. The molecule has 0 aromatic heterocycles. The molecule has 0 aliphatic carbocycles. The van der Waals surface area contributed by atoms with Gasteiger partial charge in [-0.05, 0) is 35.7 Å². The molecule has 0 atom stereocenters. The van der Waals surface area contributed by atoms with Crippen LogP contribution in [0.5, 0.6) is 0 Å². The third kappa shape index (κ3) is 5.30. The summed E-state index contributed by atoms with van der Waals surface area (Å²) in [5, 5.41) is 5.63. The van der Waals surface area contributed by atoms with Crippen molar-refractivity contribution < 1.29 is 14.4 Å². The van der Waals surface area contributed by atoms with Crippen molar-refractivity contribution in [2.24, 2.45) is 0 Å². The standard InChI is InChI=1S/C26H22ClN3O3/c27-22-23(26(33)30(25(22)32)15-14-18-8-3-1-4-9-18)29-21-13-7-12-20(16-21)24(31)28-17-19-10-5-2-6-11-19/h1-13,16,29H,14-15,17H2,(H,28,31). The minimum atomic E-state index is -0.531. The lowest BCUT2D eigenvalue weighted by atomic mass is 10.1. The maximum Gasteiger partial charge on any atom is 0.278 e. The number of halogens is 1. The topological polar surface area (TPSA) is 78.5 Å². The van der Waals surface area contributed by atoms with Crippen molar-refractivity contribution in [3.63, 3.8) is 0 Å². The Bertz CT molecular complexity index is 1210. The molecule has 0 radical (unpaired) electrons. The Labute approximate surface area is 196 Å². The van der Waals surface area contributed by atoms with Crippen LogP contribution in [0.4, 0.5) is 5.69 Å². The van der Waals surface area contributed by atoms with Gasteiger partial charge in [0, 0.05) is 24.3 Å². The lowest BCUT2D eigenvalue weighted by molar-refractivity contribution is -0.137. The van der Waals surface area contributed by atoms with Crippen LogP contribution >= 0.6 is 11.6 Å². The van der Waals surface area contributed by atoms with Crippen molar-refractivity contribution in [1.29, 1.82) is 0 Å². The molecule has 7 heteroatoms. The molecule has 0 bridgehead atoms. The van der Waals surface area contributed by atoms with E-state index in [4.69, 9.17) is 11.6 Å². The van der Waals surface area contributed by atoms with E-state index in [0.717, 1.165) is 16.0 Å². The summed E-state index contributed by atoms with van der Waals surface area (Å²) >= 11 is 6.20. The number of benzene rings is 3. The molecule has 0 fully saturated rings. The molecular formula is C26H22ClN3O3. The highest BCUT2D eigenvalue weighted by Crippen LogP contribution is 2.26. The Morgan fingerprint density at radius 1 is 0.818 bits per heavy atom. The average Bonchev–Trinajstić information content (AvgIpc) is 3.05. The van der Waals surface area contributed by atoms with Crippen LogP contribution in [-0.2, 0) is 22.6 Å². The van der Waals surface area contributed by atoms with Crippen molar-refractivity contribution in [2.45, 2.75) is 13.0 Å². The van der Waals surface area contributed by atoms with Gasteiger partial charge in [0.1, 0.15) is 10.7 Å². The van der Waals surface area contributed by atoms with Crippen LogP contribution < -0.4 is 10.6 Å². The van der Waals surface area contributed by atoms with Gasteiger partial charge in [-0.3, -0.25) is 19.3 Å². The number of hydrogen-bond acceptors (Lipinski definition) is 4.